The number of anilines is 2. The van der Waals surface area contributed by atoms with E-state index in [4.69, 9.17) is 0 Å². The molecule has 0 aliphatic heterocycles. The van der Waals surface area contributed by atoms with Crippen molar-refractivity contribution in [1.29, 1.82) is 0 Å². The van der Waals surface area contributed by atoms with Crippen LogP contribution in [0.4, 0.5) is 11.6 Å². The Labute approximate surface area is 131 Å². The monoisotopic (exact) mass is 298 g/mol. The van der Waals surface area contributed by atoms with E-state index in [0.29, 0.717) is 24.1 Å². The highest BCUT2D eigenvalue weighted by molar-refractivity contribution is 5.92. The van der Waals surface area contributed by atoms with Crippen molar-refractivity contribution in [3.63, 3.8) is 0 Å². The van der Waals surface area contributed by atoms with Crippen LogP contribution in [0.1, 0.15) is 36.8 Å². The summed E-state index contributed by atoms with van der Waals surface area (Å²) in [6, 6.07) is 9.69. The molecule has 1 aromatic carbocycles. The number of rotatable bonds is 6. The summed E-state index contributed by atoms with van der Waals surface area (Å²) in [5.41, 5.74) is 2.54. The lowest BCUT2D eigenvalue weighted by molar-refractivity contribution is 0.0944. The fraction of sp³-hybridized carbons (Fsp3) is 0.353. The second kappa shape index (κ2) is 7.54. The quantitative estimate of drug-likeness (QED) is 0.859. The first-order chi connectivity index (χ1) is 10.6. The maximum Gasteiger partial charge on any atom is 0.270 e. The number of benzene rings is 1. The van der Waals surface area contributed by atoms with E-state index in [1.807, 2.05) is 26.0 Å². The minimum Gasteiger partial charge on any atom is -0.350 e. The lowest BCUT2D eigenvalue weighted by atomic mass is 10.1. The van der Waals surface area contributed by atoms with Crippen LogP contribution in [0.3, 0.4) is 0 Å². The van der Waals surface area contributed by atoms with Gasteiger partial charge in [0.1, 0.15) is 5.69 Å². The van der Waals surface area contributed by atoms with Crippen molar-refractivity contribution >= 4 is 17.5 Å². The molecule has 5 nitrogen and oxygen atoms in total. The highest BCUT2D eigenvalue weighted by atomic mass is 16.1. The van der Waals surface area contributed by atoms with Gasteiger partial charge in [0, 0.05) is 18.4 Å². The zero-order valence-corrected chi connectivity index (χ0v) is 13.3. The van der Waals surface area contributed by atoms with Gasteiger partial charge in [-0.25, -0.2) is 9.97 Å². The maximum atomic E-state index is 12.0. The van der Waals surface area contributed by atoms with E-state index in [1.165, 1.54) is 5.56 Å². The van der Waals surface area contributed by atoms with Gasteiger partial charge < -0.3 is 10.6 Å². The van der Waals surface area contributed by atoms with Crippen molar-refractivity contribution in [3.05, 3.63) is 47.8 Å². The standard InChI is InChI=1S/C17H22N4O/c1-4-13-5-7-14(8-6-13)20-17-18-10-9-15(21-17)16(22)19-11-12(2)3/h5-10,12H,4,11H2,1-3H3,(H,19,22)(H,18,20,21). The largest absolute Gasteiger partial charge is 0.350 e. The molecule has 2 N–H and O–H groups in total. The van der Waals surface area contributed by atoms with E-state index in [1.54, 1.807) is 12.3 Å². The van der Waals surface area contributed by atoms with Crippen LogP contribution < -0.4 is 10.6 Å². The van der Waals surface area contributed by atoms with Crippen LogP contribution in [0.2, 0.25) is 0 Å². The second-order valence-electron chi connectivity index (χ2n) is 5.54. The van der Waals surface area contributed by atoms with Crippen LogP contribution in [0.5, 0.6) is 0 Å². The Morgan fingerprint density at radius 2 is 1.91 bits per heavy atom. The van der Waals surface area contributed by atoms with Crippen LogP contribution >= 0.6 is 0 Å². The summed E-state index contributed by atoms with van der Waals surface area (Å²) in [6.45, 7) is 6.84. The number of amides is 1. The van der Waals surface area contributed by atoms with Crippen molar-refractivity contribution in [3.8, 4) is 0 Å². The summed E-state index contributed by atoms with van der Waals surface area (Å²) in [4.78, 5) is 20.4. The first-order valence-corrected chi connectivity index (χ1v) is 7.55. The molecule has 1 amide bonds. The predicted octanol–water partition coefficient (Wildman–Crippen LogP) is 3.17. The van der Waals surface area contributed by atoms with E-state index >= 15 is 0 Å². The van der Waals surface area contributed by atoms with E-state index in [-0.39, 0.29) is 5.91 Å². The Bertz CT molecular complexity index is 623. The van der Waals surface area contributed by atoms with Crippen LogP contribution in [-0.4, -0.2) is 22.4 Å². The summed E-state index contributed by atoms with van der Waals surface area (Å²) in [7, 11) is 0. The number of carbonyl (C=O) groups excluding carboxylic acids is 1. The molecule has 5 heteroatoms. The molecule has 1 heterocycles. The minimum absolute atomic E-state index is 0.180. The molecule has 22 heavy (non-hydrogen) atoms. The molecule has 1 aromatic heterocycles. The highest BCUT2D eigenvalue weighted by Gasteiger charge is 2.09. The zero-order valence-electron chi connectivity index (χ0n) is 13.3. The van der Waals surface area contributed by atoms with Crippen molar-refractivity contribution < 1.29 is 4.79 Å². The first kappa shape index (κ1) is 15.9. The SMILES string of the molecule is CCc1ccc(Nc2nccc(C(=O)NCC(C)C)n2)cc1. The molecule has 0 unspecified atom stereocenters. The van der Waals surface area contributed by atoms with Gasteiger partial charge >= 0.3 is 0 Å². The fourth-order valence-electron chi connectivity index (χ4n) is 1.89. The molecule has 0 atom stereocenters. The zero-order chi connectivity index (χ0) is 15.9. The summed E-state index contributed by atoms with van der Waals surface area (Å²) in [5.74, 6) is 0.641. The van der Waals surface area contributed by atoms with Gasteiger partial charge in [0.25, 0.3) is 5.91 Å². The molecular weight excluding hydrogens is 276 g/mol. The predicted molar refractivity (Wildman–Crippen MR) is 88.3 cm³/mol. The molecule has 116 valence electrons. The Kier molecular flexibility index (Phi) is 5.47. The van der Waals surface area contributed by atoms with Crippen LogP contribution in [0.15, 0.2) is 36.5 Å². The summed E-state index contributed by atoms with van der Waals surface area (Å²) in [5, 5.41) is 5.96. The Morgan fingerprint density at radius 1 is 1.18 bits per heavy atom. The molecule has 0 fully saturated rings. The van der Waals surface area contributed by atoms with Gasteiger partial charge in [-0.05, 0) is 36.1 Å². The average Bonchev–Trinajstić information content (AvgIpc) is 2.53. The lowest BCUT2D eigenvalue weighted by Gasteiger charge is -2.09. The molecule has 0 radical (unpaired) electrons. The van der Waals surface area contributed by atoms with Crippen LogP contribution in [0, 0.1) is 5.92 Å². The first-order valence-electron chi connectivity index (χ1n) is 7.55. The summed E-state index contributed by atoms with van der Waals surface area (Å²) in [6.07, 6.45) is 2.59. The van der Waals surface area contributed by atoms with Gasteiger partial charge in [0.2, 0.25) is 5.95 Å². The number of aromatic nitrogens is 2. The molecular formula is C17H22N4O. The second-order valence-corrected chi connectivity index (χ2v) is 5.54. The number of hydrogen-bond donors (Lipinski definition) is 2. The molecule has 0 aliphatic carbocycles. The Balaban J connectivity index is 2.05. The lowest BCUT2D eigenvalue weighted by Crippen LogP contribution is -2.28. The van der Waals surface area contributed by atoms with Gasteiger partial charge in [-0.15, -0.1) is 0 Å². The van der Waals surface area contributed by atoms with Crippen molar-refractivity contribution in [2.75, 3.05) is 11.9 Å². The molecule has 0 saturated heterocycles. The number of nitrogens with one attached hydrogen (secondary N) is 2. The molecule has 0 saturated carbocycles. The van der Waals surface area contributed by atoms with Gasteiger partial charge in [0.05, 0.1) is 0 Å². The molecule has 0 bridgehead atoms. The normalized spacial score (nSPS) is 10.5. The van der Waals surface area contributed by atoms with Crippen LogP contribution in [-0.2, 0) is 6.42 Å². The number of nitrogens with zero attached hydrogens (tertiary/aromatic N) is 2. The van der Waals surface area contributed by atoms with Crippen molar-refractivity contribution in [2.45, 2.75) is 27.2 Å². The van der Waals surface area contributed by atoms with Crippen molar-refractivity contribution in [2.24, 2.45) is 5.92 Å². The van der Waals surface area contributed by atoms with E-state index in [9.17, 15) is 4.79 Å². The highest BCUT2D eigenvalue weighted by Crippen LogP contribution is 2.14. The Hall–Kier alpha value is -2.43. The molecule has 0 spiro atoms. The third-order valence-electron chi connectivity index (χ3n) is 3.18. The Morgan fingerprint density at radius 3 is 2.55 bits per heavy atom. The topological polar surface area (TPSA) is 66.9 Å². The van der Waals surface area contributed by atoms with Gasteiger partial charge in [-0.3, -0.25) is 4.79 Å². The van der Waals surface area contributed by atoms with E-state index < -0.39 is 0 Å². The fourth-order valence-corrected chi connectivity index (χ4v) is 1.89. The summed E-state index contributed by atoms with van der Waals surface area (Å²) < 4.78 is 0. The van der Waals surface area contributed by atoms with Crippen LogP contribution in [0.25, 0.3) is 0 Å². The average molecular weight is 298 g/mol. The molecule has 2 aromatic rings. The number of hydrogen-bond acceptors (Lipinski definition) is 4. The van der Waals surface area contributed by atoms with Crippen molar-refractivity contribution in [1.82, 2.24) is 15.3 Å². The molecule has 2 rings (SSSR count). The smallest absolute Gasteiger partial charge is 0.270 e. The third-order valence-corrected chi connectivity index (χ3v) is 3.18. The van der Waals surface area contributed by atoms with Gasteiger partial charge in [-0.1, -0.05) is 32.9 Å². The summed E-state index contributed by atoms with van der Waals surface area (Å²) >= 11 is 0. The third kappa shape index (κ3) is 4.55. The molecule has 0 aliphatic rings. The van der Waals surface area contributed by atoms with Gasteiger partial charge in [0.15, 0.2) is 0 Å². The van der Waals surface area contributed by atoms with Gasteiger partial charge in [-0.2, -0.15) is 0 Å². The van der Waals surface area contributed by atoms with E-state index in [2.05, 4.69) is 39.7 Å². The van der Waals surface area contributed by atoms with E-state index in [0.717, 1.165) is 12.1 Å². The maximum absolute atomic E-state index is 12.0. The minimum atomic E-state index is -0.180. The number of aryl methyl sites for hydroxylation is 1. The number of carbonyl (C=O) groups is 1.